The summed E-state index contributed by atoms with van der Waals surface area (Å²) >= 11 is 4.21. The van der Waals surface area contributed by atoms with Crippen LogP contribution >= 0.6 is 12.6 Å². The van der Waals surface area contributed by atoms with Gasteiger partial charge in [-0.05, 0) is 12.1 Å². The Morgan fingerprint density at radius 2 is 2.36 bits per heavy atom. The number of aliphatic carboxylic acids is 1. The number of carboxylic acids is 1. The molecule has 2 N–H and O–H groups in total. The number of nitrogens with one attached hydrogen (secondary N) is 1. The van der Waals surface area contributed by atoms with Gasteiger partial charge in [0.2, 0.25) is 0 Å². The van der Waals surface area contributed by atoms with Gasteiger partial charge in [0.05, 0.1) is 23.8 Å². The smallest absolute Gasteiger partial charge is 0.307 e. The number of rotatable bonds is 2. The van der Waals surface area contributed by atoms with Gasteiger partial charge in [-0.3, -0.25) is 4.79 Å². The van der Waals surface area contributed by atoms with Crippen molar-refractivity contribution in [2.45, 2.75) is 11.3 Å². The van der Waals surface area contributed by atoms with E-state index in [2.05, 4.69) is 22.6 Å². The highest BCUT2D eigenvalue weighted by Gasteiger charge is 2.10. The average molecular weight is 208 g/mol. The third-order valence-electron chi connectivity index (χ3n) is 2.00. The van der Waals surface area contributed by atoms with Gasteiger partial charge in [-0.25, -0.2) is 4.98 Å². The van der Waals surface area contributed by atoms with E-state index in [0.717, 1.165) is 5.52 Å². The van der Waals surface area contributed by atoms with E-state index in [1.165, 1.54) is 0 Å². The molecule has 5 heteroatoms. The first-order valence-corrected chi connectivity index (χ1v) is 4.49. The summed E-state index contributed by atoms with van der Waals surface area (Å²) in [5.74, 6) is -0.879. The molecule has 0 bridgehead atoms. The maximum atomic E-state index is 10.6. The summed E-state index contributed by atoms with van der Waals surface area (Å²) in [5, 5.41) is 8.72. The number of carboxylic acid groups (broad SMARTS) is 1. The highest BCUT2D eigenvalue weighted by atomic mass is 32.1. The number of benzene rings is 1. The SMILES string of the molecule is O=C(O)Cc1c(S)ccc2[nH]cnc12. The predicted molar refractivity (Wildman–Crippen MR) is 54.7 cm³/mol. The van der Waals surface area contributed by atoms with Gasteiger partial charge in [0.1, 0.15) is 0 Å². The lowest BCUT2D eigenvalue weighted by Crippen LogP contribution is -2.01. The van der Waals surface area contributed by atoms with Crippen LogP contribution in [0.4, 0.5) is 0 Å². The van der Waals surface area contributed by atoms with Crippen LogP contribution in [0, 0.1) is 0 Å². The summed E-state index contributed by atoms with van der Waals surface area (Å²) in [7, 11) is 0. The lowest BCUT2D eigenvalue weighted by molar-refractivity contribution is -0.136. The molecule has 0 aliphatic rings. The largest absolute Gasteiger partial charge is 0.481 e. The Bertz CT molecular complexity index is 493. The second-order valence-corrected chi connectivity index (χ2v) is 3.41. The summed E-state index contributed by atoms with van der Waals surface area (Å²) in [6.45, 7) is 0. The van der Waals surface area contributed by atoms with E-state index < -0.39 is 5.97 Å². The molecule has 1 heterocycles. The molecular weight excluding hydrogens is 200 g/mol. The van der Waals surface area contributed by atoms with E-state index in [9.17, 15) is 4.79 Å². The van der Waals surface area contributed by atoms with Gasteiger partial charge in [-0.15, -0.1) is 12.6 Å². The first-order chi connectivity index (χ1) is 6.68. The van der Waals surface area contributed by atoms with Gasteiger partial charge < -0.3 is 10.1 Å². The number of thiol groups is 1. The van der Waals surface area contributed by atoms with Crippen molar-refractivity contribution in [1.29, 1.82) is 0 Å². The Kier molecular flexibility index (Phi) is 2.17. The molecule has 0 saturated heterocycles. The van der Waals surface area contributed by atoms with Gasteiger partial charge >= 0.3 is 5.97 Å². The van der Waals surface area contributed by atoms with E-state index in [1.54, 1.807) is 12.4 Å². The van der Waals surface area contributed by atoms with E-state index in [0.29, 0.717) is 16.0 Å². The fourth-order valence-electron chi connectivity index (χ4n) is 1.38. The molecule has 72 valence electrons. The number of hydrogen-bond donors (Lipinski definition) is 3. The first kappa shape index (κ1) is 9.08. The van der Waals surface area contributed by atoms with Crippen molar-refractivity contribution < 1.29 is 9.90 Å². The minimum Gasteiger partial charge on any atom is -0.481 e. The monoisotopic (exact) mass is 208 g/mol. The van der Waals surface area contributed by atoms with Crippen molar-refractivity contribution in [3.8, 4) is 0 Å². The molecule has 0 atom stereocenters. The fourth-order valence-corrected chi connectivity index (χ4v) is 1.64. The number of aromatic nitrogens is 2. The van der Waals surface area contributed by atoms with Crippen molar-refractivity contribution in [3.05, 3.63) is 24.0 Å². The summed E-state index contributed by atoms with van der Waals surface area (Å²) in [5.41, 5.74) is 2.17. The topological polar surface area (TPSA) is 66.0 Å². The molecule has 0 saturated carbocycles. The number of carbonyl (C=O) groups is 1. The zero-order valence-electron chi connectivity index (χ0n) is 7.19. The third kappa shape index (κ3) is 1.46. The molecular formula is C9H8N2O2S. The van der Waals surface area contributed by atoms with Gasteiger partial charge in [0.15, 0.2) is 0 Å². The highest BCUT2D eigenvalue weighted by molar-refractivity contribution is 7.80. The van der Waals surface area contributed by atoms with Crippen molar-refractivity contribution >= 4 is 29.6 Å². The molecule has 14 heavy (non-hydrogen) atoms. The van der Waals surface area contributed by atoms with E-state index in [1.807, 2.05) is 6.07 Å². The van der Waals surface area contributed by atoms with Crippen molar-refractivity contribution in [3.63, 3.8) is 0 Å². The lowest BCUT2D eigenvalue weighted by atomic mass is 10.1. The molecule has 0 radical (unpaired) electrons. The van der Waals surface area contributed by atoms with Gasteiger partial charge in [0.25, 0.3) is 0 Å². The van der Waals surface area contributed by atoms with Crippen molar-refractivity contribution in [2.24, 2.45) is 0 Å². The second-order valence-electron chi connectivity index (χ2n) is 2.93. The fraction of sp³-hybridized carbons (Fsp3) is 0.111. The van der Waals surface area contributed by atoms with Crippen molar-refractivity contribution in [2.75, 3.05) is 0 Å². The van der Waals surface area contributed by atoms with Gasteiger partial charge in [-0.2, -0.15) is 0 Å². The molecule has 0 aliphatic carbocycles. The van der Waals surface area contributed by atoms with Crippen LogP contribution in [0.2, 0.25) is 0 Å². The van der Waals surface area contributed by atoms with Crippen LogP contribution in [-0.2, 0) is 11.2 Å². The molecule has 1 aromatic heterocycles. The minimum atomic E-state index is -0.879. The van der Waals surface area contributed by atoms with Crippen LogP contribution in [0.5, 0.6) is 0 Å². The number of imidazole rings is 1. The molecule has 0 spiro atoms. The highest BCUT2D eigenvalue weighted by Crippen LogP contribution is 2.22. The number of aromatic amines is 1. The molecule has 0 unspecified atom stereocenters. The summed E-state index contributed by atoms with van der Waals surface area (Å²) in [6.07, 6.45) is 1.49. The lowest BCUT2D eigenvalue weighted by Gasteiger charge is -2.02. The van der Waals surface area contributed by atoms with E-state index in [-0.39, 0.29) is 6.42 Å². The molecule has 1 aromatic carbocycles. The number of hydrogen-bond acceptors (Lipinski definition) is 3. The molecule has 0 aliphatic heterocycles. The molecule has 4 nitrogen and oxygen atoms in total. The molecule has 0 amide bonds. The normalized spacial score (nSPS) is 10.6. The summed E-state index contributed by atoms with van der Waals surface area (Å²) < 4.78 is 0. The second kappa shape index (κ2) is 3.34. The number of nitrogens with zero attached hydrogens (tertiary/aromatic N) is 1. The van der Waals surface area contributed by atoms with Gasteiger partial charge in [-0.1, -0.05) is 0 Å². The predicted octanol–water partition coefficient (Wildman–Crippen LogP) is 1.48. The van der Waals surface area contributed by atoms with Gasteiger partial charge in [0, 0.05) is 10.5 Å². The van der Waals surface area contributed by atoms with Crippen molar-refractivity contribution in [1.82, 2.24) is 9.97 Å². The first-order valence-electron chi connectivity index (χ1n) is 4.04. The Balaban J connectivity index is 2.64. The quantitative estimate of drug-likeness (QED) is 0.655. The molecule has 0 fully saturated rings. The standard InChI is InChI=1S/C9H8N2O2S/c12-8(13)3-5-7(14)2-1-6-9(5)11-4-10-6/h1-2,4,14H,3H2,(H,10,11)(H,12,13). The molecule has 2 aromatic rings. The Hall–Kier alpha value is -1.49. The molecule has 2 rings (SSSR count). The van der Waals surface area contributed by atoms with Crippen LogP contribution in [0.25, 0.3) is 11.0 Å². The van der Waals surface area contributed by atoms with Crippen LogP contribution in [0.15, 0.2) is 23.4 Å². The average Bonchev–Trinajstić information content (AvgIpc) is 2.57. The zero-order valence-corrected chi connectivity index (χ0v) is 8.08. The van der Waals surface area contributed by atoms with Crippen LogP contribution in [0.3, 0.4) is 0 Å². The minimum absolute atomic E-state index is 0.0545. The number of fused-ring (bicyclic) bond motifs is 1. The van der Waals surface area contributed by atoms with E-state index >= 15 is 0 Å². The van der Waals surface area contributed by atoms with E-state index in [4.69, 9.17) is 5.11 Å². The Morgan fingerprint density at radius 1 is 1.57 bits per heavy atom. The summed E-state index contributed by atoms with van der Waals surface area (Å²) in [4.78, 5) is 18.3. The Morgan fingerprint density at radius 3 is 3.07 bits per heavy atom. The third-order valence-corrected chi connectivity index (χ3v) is 2.42. The Labute approximate surface area is 85.4 Å². The van der Waals surface area contributed by atoms with Crippen LogP contribution in [-0.4, -0.2) is 21.0 Å². The summed E-state index contributed by atoms with van der Waals surface area (Å²) in [6, 6.07) is 3.60. The zero-order chi connectivity index (χ0) is 10.1. The van der Waals surface area contributed by atoms with Crippen LogP contribution in [0.1, 0.15) is 5.56 Å². The maximum Gasteiger partial charge on any atom is 0.307 e. The number of H-pyrrole nitrogens is 1. The van der Waals surface area contributed by atoms with Crippen LogP contribution < -0.4 is 0 Å². The maximum absolute atomic E-state index is 10.6.